The number of hydrogen-bond acceptors (Lipinski definition) is 4. The fourth-order valence-corrected chi connectivity index (χ4v) is 8.17. The Kier molecular flexibility index (Phi) is 5.66. The number of rotatable bonds is 3. The number of thiophene rings is 2. The van der Waals surface area contributed by atoms with E-state index in [0.717, 1.165) is 33.4 Å². The van der Waals surface area contributed by atoms with E-state index in [2.05, 4.69) is 109 Å². The Hall–Kier alpha value is -5.26. The highest BCUT2D eigenvalue weighted by atomic mass is 32.1. The molecule has 0 bridgehead atoms. The second-order valence-electron chi connectivity index (χ2n) is 10.4. The lowest BCUT2D eigenvalue weighted by Gasteiger charge is -2.15. The summed E-state index contributed by atoms with van der Waals surface area (Å²) in [4.78, 5) is 0. The Morgan fingerprint density at radius 3 is 1.76 bits per heavy atom. The molecule has 0 unspecified atom stereocenters. The SMILES string of the molecule is N#Cc1cccc(-c2cc(-c3ccc4sc5ccccc5c4c3)cc(-c3ccc4c(c3)sc3ccccc34)c2C#N)c1. The van der Waals surface area contributed by atoms with Gasteiger partial charge in [0.2, 0.25) is 0 Å². The van der Waals surface area contributed by atoms with Crippen molar-refractivity contribution in [3.63, 3.8) is 0 Å². The van der Waals surface area contributed by atoms with Gasteiger partial charge in [-0.3, -0.25) is 0 Å². The molecule has 0 fully saturated rings. The van der Waals surface area contributed by atoms with Crippen LogP contribution in [0.5, 0.6) is 0 Å². The van der Waals surface area contributed by atoms with E-state index >= 15 is 0 Å². The molecule has 0 spiro atoms. The third kappa shape index (κ3) is 3.90. The van der Waals surface area contributed by atoms with Crippen LogP contribution >= 0.6 is 22.7 Å². The molecule has 8 rings (SSSR count). The first-order valence-electron chi connectivity index (χ1n) is 13.6. The molecule has 0 saturated carbocycles. The lowest BCUT2D eigenvalue weighted by atomic mass is 9.87. The zero-order valence-electron chi connectivity index (χ0n) is 22.3. The monoisotopic (exact) mass is 568 g/mol. The Morgan fingerprint density at radius 1 is 0.405 bits per heavy atom. The van der Waals surface area contributed by atoms with Crippen molar-refractivity contribution in [1.29, 1.82) is 10.5 Å². The molecule has 4 heteroatoms. The van der Waals surface area contributed by atoms with E-state index in [9.17, 15) is 10.5 Å². The van der Waals surface area contributed by atoms with Crippen LogP contribution in [0.4, 0.5) is 0 Å². The van der Waals surface area contributed by atoms with Crippen LogP contribution in [0.15, 0.2) is 121 Å². The highest BCUT2D eigenvalue weighted by Gasteiger charge is 2.17. The number of hydrogen-bond donors (Lipinski definition) is 0. The summed E-state index contributed by atoms with van der Waals surface area (Å²) in [5.41, 5.74) is 6.90. The largest absolute Gasteiger partial charge is 0.192 e. The summed E-state index contributed by atoms with van der Waals surface area (Å²) in [7, 11) is 0. The summed E-state index contributed by atoms with van der Waals surface area (Å²) < 4.78 is 4.98. The maximum atomic E-state index is 10.6. The molecule has 8 aromatic rings. The number of fused-ring (bicyclic) bond motifs is 6. The minimum atomic E-state index is 0.571. The lowest BCUT2D eigenvalue weighted by molar-refractivity contribution is 1.46. The molecule has 2 nitrogen and oxygen atoms in total. The standard InChI is InChI=1S/C38H20N2S2/c39-21-23-6-5-7-25(16-23)31-18-27(24-13-15-37-33(17-24)29-9-2-4-11-36(29)41-37)19-32(34(31)22-40)26-12-14-30-28-8-1-3-10-35(28)42-38(30)20-26/h1-20H. The lowest BCUT2D eigenvalue weighted by Crippen LogP contribution is -1.93. The van der Waals surface area contributed by atoms with Gasteiger partial charge in [-0.1, -0.05) is 66.7 Å². The first-order chi connectivity index (χ1) is 20.7. The van der Waals surface area contributed by atoms with E-state index in [1.807, 2.05) is 18.2 Å². The van der Waals surface area contributed by atoms with Crippen molar-refractivity contribution in [1.82, 2.24) is 0 Å². The molecule has 0 aliphatic carbocycles. The van der Waals surface area contributed by atoms with Crippen molar-refractivity contribution < 1.29 is 0 Å². The van der Waals surface area contributed by atoms with Crippen LogP contribution in [-0.2, 0) is 0 Å². The van der Waals surface area contributed by atoms with Crippen LogP contribution < -0.4 is 0 Å². The topological polar surface area (TPSA) is 47.6 Å². The highest BCUT2D eigenvalue weighted by molar-refractivity contribution is 7.26. The second-order valence-corrected chi connectivity index (χ2v) is 12.5. The Balaban J connectivity index is 1.40. The van der Waals surface area contributed by atoms with E-state index < -0.39 is 0 Å². The van der Waals surface area contributed by atoms with E-state index in [1.54, 1.807) is 28.7 Å². The van der Waals surface area contributed by atoms with Gasteiger partial charge in [0.05, 0.1) is 17.2 Å². The maximum Gasteiger partial charge on any atom is 0.100 e. The molecule has 2 aromatic heterocycles. The summed E-state index contributed by atoms with van der Waals surface area (Å²) in [5, 5.41) is 25.1. The van der Waals surface area contributed by atoms with Crippen LogP contribution in [0.1, 0.15) is 11.1 Å². The third-order valence-electron chi connectivity index (χ3n) is 7.95. The number of nitriles is 2. The molecule has 0 aliphatic rings. The van der Waals surface area contributed by atoms with Crippen LogP contribution in [-0.4, -0.2) is 0 Å². The molecule has 0 amide bonds. The van der Waals surface area contributed by atoms with Gasteiger partial charge in [-0.05, 0) is 76.9 Å². The van der Waals surface area contributed by atoms with Gasteiger partial charge in [0.1, 0.15) is 6.07 Å². The van der Waals surface area contributed by atoms with E-state index in [1.165, 1.54) is 40.3 Å². The van der Waals surface area contributed by atoms with Gasteiger partial charge < -0.3 is 0 Å². The minimum absolute atomic E-state index is 0.571. The molecule has 0 atom stereocenters. The van der Waals surface area contributed by atoms with Crippen molar-refractivity contribution in [2.24, 2.45) is 0 Å². The summed E-state index contributed by atoms with van der Waals surface area (Å²) in [5.74, 6) is 0. The number of benzene rings is 6. The maximum absolute atomic E-state index is 10.6. The van der Waals surface area contributed by atoms with Crippen molar-refractivity contribution in [2.45, 2.75) is 0 Å². The molecule has 0 aliphatic heterocycles. The third-order valence-corrected chi connectivity index (χ3v) is 10.2. The van der Waals surface area contributed by atoms with Crippen LogP contribution in [0.2, 0.25) is 0 Å². The zero-order chi connectivity index (χ0) is 28.2. The van der Waals surface area contributed by atoms with Gasteiger partial charge in [0.25, 0.3) is 0 Å². The van der Waals surface area contributed by atoms with Crippen LogP contribution in [0, 0.1) is 22.7 Å². The molecule has 0 saturated heterocycles. The van der Waals surface area contributed by atoms with Gasteiger partial charge in [0, 0.05) is 51.5 Å². The van der Waals surface area contributed by atoms with Gasteiger partial charge in [-0.2, -0.15) is 10.5 Å². The molecular weight excluding hydrogens is 549 g/mol. The Bertz CT molecular complexity index is 2450. The van der Waals surface area contributed by atoms with Crippen molar-refractivity contribution in [3.8, 4) is 45.5 Å². The van der Waals surface area contributed by atoms with Gasteiger partial charge >= 0.3 is 0 Å². The molecule has 6 aromatic carbocycles. The van der Waals surface area contributed by atoms with Gasteiger partial charge in [-0.25, -0.2) is 0 Å². The highest BCUT2D eigenvalue weighted by Crippen LogP contribution is 2.42. The molecule has 0 N–H and O–H groups in total. The Labute approximate surface area is 250 Å². The van der Waals surface area contributed by atoms with Crippen molar-refractivity contribution >= 4 is 63.0 Å². The predicted octanol–water partition coefficient (Wildman–Crippen LogP) is 11.2. The van der Waals surface area contributed by atoms with Crippen LogP contribution in [0.25, 0.3) is 73.7 Å². The normalized spacial score (nSPS) is 11.3. The van der Waals surface area contributed by atoms with Crippen molar-refractivity contribution in [3.05, 3.63) is 132 Å². The van der Waals surface area contributed by atoms with Gasteiger partial charge in [0.15, 0.2) is 0 Å². The average Bonchev–Trinajstić information content (AvgIpc) is 3.61. The molecule has 2 heterocycles. The summed E-state index contributed by atoms with van der Waals surface area (Å²) in [6.07, 6.45) is 0. The Morgan fingerprint density at radius 2 is 1.02 bits per heavy atom. The summed E-state index contributed by atoms with van der Waals surface area (Å²) in [6, 6.07) is 46.7. The fourth-order valence-electron chi connectivity index (χ4n) is 5.94. The smallest absolute Gasteiger partial charge is 0.100 e. The molecule has 194 valence electrons. The van der Waals surface area contributed by atoms with Crippen LogP contribution in [0.3, 0.4) is 0 Å². The quantitative estimate of drug-likeness (QED) is 0.213. The van der Waals surface area contributed by atoms with Crippen molar-refractivity contribution in [2.75, 3.05) is 0 Å². The van der Waals surface area contributed by atoms with E-state index in [-0.39, 0.29) is 0 Å². The van der Waals surface area contributed by atoms with E-state index in [0.29, 0.717) is 11.1 Å². The van der Waals surface area contributed by atoms with Gasteiger partial charge in [-0.15, -0.1) is 22.7 Å². The first kappa shape index (κ1) is 24.5. The predicted molar refractivity (Wildman–Crippen MR) is 178 cm³/mol. The minimum Gasteiger partial charge on any atom is -0.192 e. The zero-order valence-corrected chi connectivity index (χ0v) is 23.9. The molecular formula is C38H20N2S2. The van der Waals surface area contributed by atoms with E-state index in [4.69, 9.17) is 0 Å². The fraction of sp³-hybridized carbons (Fsp3) is 0. The second kappa shape index (κ2) is 9.68. The number of nitrogens with zero attached hydrogens (tertiary/aromatic N) is 2. The molecule has 0 radical (unpaired) electrons. The molecule has 42 heavy (non-hydrogen) atoms. The summed E-state index contributed by atoms with van der Waals surface area (Å²) in [6.45, 7) is 0. The summed E-state index contributed by atoms with van der Waals surface area (Å²) >= 11 is 3.58. The first-order valence-corrected chi connectivity index (χ1v) is 15.3. The average molecular weight is 569 g/mol.